The first-order valence-corrected chi connectivity index (χ1v) is 8.12. The summed E-state index contributed by atoms with van der Waals surface area (Å²) in [6, 6.07) is 0.784. The number of rotatable bonds is 4. The summed E-state index contributed by atoms with van der Waals surface area (Å²) in [7, 11) is 2.02. The normalized spacial score (nSPS) is 37.7. The molecule has 4 unspecified atom stereocenters. The van der Waals surface area contributed by atoms with Crippen molar-refractivity contribution in [3.63, 3.8) is 0 Å². The van der Waals surface area contributed by atoms with E-state index in [0.29, 0.717) is 6.10 Å². The first kappa shape index (κ1) is 15.3. The van der Waals surface area contributed by atoms with Crippen molar-refractivity contribution >= 4 is 0 Å². The molecule has 3 heteroatoms. The van der Waals surface area contributed by atoms with Crippen molar-refractivity contribution in [2.75, 3.05) is 33.3 Å². The van der Waals surface area contributed by atoms with Gasteiger partial charge in [0.15, 0.2) is 0 Å². The number of nitrogens with zero attached hydrogens (tertiary/aromatic N) is 1. The second kappa shape index (κ2) is 7.05. The Labute approximate surface area is 119 Å². The molecule has 1 N–H and O–H groups in total. The van der Waals surface area contributed by atoms with Crippen LogP contribution >= 0.6 is 0 Å². The van der Waals surface area contributed by atoms with Crippen LogP contribution in [0.15, 0.2) is 0 Å². The summed E-state index contributed by atoms with van der Waals surface area (Å²) in [4.78, 5) is 2.73. The average Bonchev–Trinajstić information content (AvgIpc) is 2.39. The zero-order valence-electron chi connectivity index (χ0n) is 13.2. The molecule has 19 heavy (non-hydrogen) atoms. The van der Waals surface area contributed by atoms with Crippen molar-refractivity contribution in [1.29, 1.82) is 0 Å². The third kappa shape index (κ3) is 3.93. The molecule has 1 aliphatic heterocycles. The number of nitrogens with one attached hydrogen (secondary N) is 1. The molecule has 0 aromatic rings. The van der Waals surface area contributed by atoms with Crippen LogP contribution < -0.4 is 5.32 Å². The van der Waals surface area contributed by atoms with E-state index in [-0.39, 0.29) is 0 Å². The van der Waals surface area contributed by atoms with Crippen molar-refractivity contribution in [2.24, 2.45) is 17.8 Å². The number of morpholine rings is 1. The minimum absolute atomic E-state index is 0.379. The second-order valence-electron chi connectivity index (χ2n) is 6.94. The highest BCUT2D eigenvalue weighted by Crippen LogP contribution is 2.36. The molecule has 0 radical (unpaired) electrons. The van der Waals surface area contributed by atoms with Crippen LogP contribution in [0, 0.1) is 17.8 Å². The summed E-state index contributed by atoms with van der Waals surface area (Å²) in [6.45, 7) is 11.4. The number of hydrogen-bond acceptors (Lipinski definition) is 3. The molecule has 2 fully saturated rings. The summed E-state index contributed by atoms with van der Waals surface area (Å²) >= 11 is 0. The quantitative estimate of drug-likeness (QED) is 0.847. The van der Waals surface area contributed by atoms with Crippen LogP contribution in [0.1, 0.15) is 40.0 Å². The molecule has 4 atom stereocenters. The molecule has 3 nitrogen and oxygen atoms in total. The van der Waals surface area contributed by atoms with Gasteiger partial charge in [0.2, 0.25) is 0 Å². The molecule has 1 saturated carbocycles. The maximum atomic E-state index is 5.86. The molecule has 2 rings (SSSR count). The van der Waals surface area contributed by atoms with Gasteiger partial charge < -0.3 is 10.1 Å². The molecule has 112 valence electrons. The Morgan fingerprint density at radius 2 is 2.11 bits per heavy atom. The van der Waals surface area contributed by atoms with Gasteiger partial charge in [-0.1, -0.05) is 27.2 Å². The lowest BCUT2D eigenvalue weighted by molar-refractivity contribution is -0.0644. The van der Waals surface area contributed by atoms with Crippen molar-refractivity contribution in [3.8, 4) is 0 Å². The van der Waals surface area contributed by atoms with E-state index in [1.807, 2.05) is 7.05 Å². The molecular formula is C16H32N2O. The van der Waals surface area contributed by atoms with Gasteiger partial charge >= 0.3 is 0 Å². The largest absolute Gasteiger partial charge is 0.374 e. The van der Waals surface area contributed by atoms with Crippen molar-refractivity contribution in [1.82, 2.24) is 10.2 Å². The second-order valence-corrected chi connectivity index (χ2v) is 6.94. The first-order chi connectivity index (χ1) is 9.11. The van der Waals surface area contributed by atoms with Crippen LogP contribution in [0.5, 0.6) is 0 Å². The van der Waals surface area contributed by atoms with Crippen LogP contribution in [0.2, 0.25) is 0 Å². The van der Waals surface area contributed by atoms with Gasteiger partial charge in [-0.25, -0.2) is 0 Å². The van der Waals surface area contributed by atoms with Crippen LogP contribution in [0.25, 0.3) is 0 Å². The summed E-state index contributed by atoms with van der Waals surface area (Å²) in [5, 5.41) is 3.25. The maximum absolute atomic E-state index is 5.86. The predicted octanol–water partition coefficient (Wildman–Crippen LogP) is 2.37. The number of hydrogen-bond donors (Lipinski definition) is 1. The van der Waals surface area contributed by atoms with Gasteiger partial charge in [0.05, 0.1) is 12.7 Å². The molecule has 1 aliphatic carbocycles. The Kier molecular flexibility index (Phi) is 5.67. The highest BCUT2D eigenvalue weighted by molar-refractivity contribution is 4.89. The minimum Gasteiger partial charge on any atom is -0.374 e. The lowest BCUT2D eigenvalue weighted by Crippen LogP contribution is -2.54. The fourth-order valence-corrected chi connectivity index (χ4v) is 3.97. The standard InChI is InChI=1S/C16H32N2O/c1-12(2)15-6-5-13(3)9-16(15)18-7-8-19-14(11-18)10-17-4/h12-17H,5-11H2,1-4H3. The molecule has 0 aromatic heterocycles. The van der Waals surface area contributed by atoms with Crippen LogP contribution in [0.4, 0.5) is 0 Å². The lowest BCUT2D eigenvalue weighted by Gasteiger charge is -2.46. The van der Waals surface area contributed by atoms with Gasteiger partial charge in [-0.15, -0.1) is 0 Å². The Balaban J connectivity index is 1.99. The Bertz CT molecular complexity index is 267. The summed E-state index contributed by atoms with van der Waals surface area (Å²) in [5.41, 5.74) is 0. The molecular weight excluding hydrogens is 236 g/mol. The molecule has 0 bridgehead atoms. The third-order valence-corrected chi connectivity index (χ3v) is 5.06. The minimum atomic E-state index is 0.379. The van der Waals surface area contributed by atoms with Crippen molar-refractivity contribution < 1.29 is 4.74 Å². The van der Waals surface area contributed by atoms with Crippen LogP contribution in [-0.2, 0) is 4.74 Å². The van der Waals surface area contributed by atoms with E-state index < -0.39 is 0 Å². The zero-order chi connectivity index (χ0) is 13.8. The number of likely N-dealkylation sites (N-methyl/N-ethyl adjacent to an activating group) is 1. The number of ether oxygens (including phenoxy) is 1. The van der Waals surface area contributed by atoms with E-state index in [0.717, 1.165) is 50.0 Å². The summed E-state index contributed by atoms with van der Waals surface area (Å²) in [5.74, 6) is 2.58. The van der Waals surface area contributed by atoms with Gasteiger partial charge in [0.25, 0.3) is 0 Å². The lowest BCUT2D eigenvalue weighted by atomic mass is 9.73. The summed E-state index contributed by atoms with van der Waals surface area (Å²) in [6.07, 6.45) is 4.60. The molecule has 0 amide bonds. The van der Waals surface area contributed by atoms with E-state index in [1.165, 1.54) is 19.3 Å². The SMILES string of the molecule is CNCC1CN(C2CC(C)CCC2C(C)C)CCO1. The highest BCUT2D eigenvalue weighted by atomic mass is 16.5. The van der Waals surface area contributed by atoms with Gasteiger partial charge in [0, 0.05) is 25.7 Å². The van der Waals surface area contributed by atoms with E-state index in [2.05, 4.69) is 31.0 Å². The van der Waals surface area contributed by atoms with Crippen LogP contribution in [-0.4, -0.2) is 50.3 Å². The maximum Gasteiger partial charge on any atom is 0.0826 e. The Morgan fingerprint density at radius 3 is 2.79 bits per heavy atom. The van der Waals surface area contributed by atoms with Gasteiger partial charge in [-0.3, -0.25) is 4.90 Å². The Hall–Kier alpha value is -0.120. The van der Waals surface area contributed by atoms with E-state index in [9.17, 15) is 0 Å². The smallest absolute Gasteiger partial charge is 0.0826 e. The van der Waals surface area contributed by atoms with Crippen molar-refractivity contribution in [2.45, 2.75) is 52.2 Å². The van der Waals surface area contributed by atoms with Gasteiger partial charge in [-0.05, 0) is 37.6 Å². The highest BCUT2D eigenvalue weighted by Gasteiger charge is 2.36. The zero-order valence-corrected chi connectivity index (χ0v) is 13.2. The van der Waals surface area contributed by atoms with Crippen LogP contribution in [0.3, 0.4) is 0 Å². The van der Waals surface area contributed by atoms with E-state index in [4.69, 9.17) is 4.74 Å². The molecule has 1 heterocycles. The topological polar surface area (TPSA) is 24.5 Å². The fourth-order valence-electron chi connectivity index (χ4n) is 3.97. The van der Waals surface area contributed by atoms with Gasteiger partial charge in [-0.2, -0.15) is 0 Å². The van der Waals surface area contributed by atoms with E-state index in [1.54, 1.807) is 0 Å². The molecule has 0 spiro atoms. The monoisotopic (exact) mass is 268 g/mol. The third-order valence-electron chi connectivity index (χ3n) is 5.06. The first-order valence-electron chi connectivity index (χ1n) is 8.12. The molecule has 1 saturated heterocycles. The van der Waals surface area contributed by atoms with Crippen molar-refractivity contribution in [3.05, 3.63) is 0 Å². The molecule has 0 aromatic carbocycles. The van der Waals surface area contributed by atoms with E-state index >= 15 is 0 Å². The summed E-state index contributed by atoms with van der Waals surface area (Å²) < 4.78 is 5.86. The average molecular weight is 268 g/mol. The fraction of sp³-hybridized carbons (Fsp3) is 1.00. The predicted molar refractivity (Wildman–Crippen MR) is 80.4 cm³/mol. The Morgan fingerprint density at radius 1 is 1.32 bits per heavy atom. The molecule has 2 aliphatic rings. The van der Waals surface area contributed by atoms with Gasteiger partial charge in [0.1, 0.15) is 0 Å².